The van der Waals surface area contributed by atoms with Crippen LogP contribution in [0.5, 0.6) is 5.88 Å². The largest absolute Gasteiger partial charge is 0.472 e. The van der Waals surface area contributed by atoms with Crippen molar-refractivity contribution >= 4 is 5.91 Å². The van der Waals surface area contributed by atoms with Crippen molar-refractivity contribution in [3.8, 4) is 17.7 Å². The van der Waals surface area contributed by atoms with E-state index in [9.17, 15) is 15.0 Å². The summed E-state index contributed by atoms with van der Waals surface area (Å²) < 4.78 is 6.29. The van der Waals surface area contributed by atoms with Gasteiger partial charge in [0.2, 0.25) is 5.88 Å². The Kier molecular flexibility index (Phi) is 8.39. The summed E-state index contributed by atoms with van der Waals surface area (Å²) in [5.41, 5.74) is 1.78. The third-order valence-corrected chi connectivity index (χ3v) is 5.60. The molecule has 2 aromatic heterocycles. The van der Waals surface area contributed by atoms with Crippen molar-refractivity contribution in [2.45, 2.75) is 45.6 Å². The molecule has 0 saturated carbocycles. The van der Waals surface area contributed by atoms with Gasteiger partial charge in [0, 0.05) is 43.5 Å². The van der Waals surface area contributed by atoms with Crippen LogP contribution in [0.3, 0.4) is 0 Å². The lowest BCUT2D eigenvalue weighted by Crippen LogP contribution is -2.49. The van der Waals surface area contributed by atoms with Crippen LogP contribution in [-0.4, -0.2) is 80.9 Å². The minimum Gasteiger partial charge on any atom is -0.472 e. The number of rotatable bonds is 6. The summed E-state index contributed by atoms with van der Waals surface area (Å²) in [5, 5.41) is 19.2. The van der Waals surface area contributed by atoms with Gasteiger partial charge < -0.3 is 19.8 Å². The van der Waals surface area contributed by atoms with E-state index in [1.165, 1.54) is 0 Å². The molecule has 1 amide bonds. The van der Waals surface area contributed by atoms with E-state index in [1.54, 1.807) is 30.3 Å². The fraction of sp³-hybridized carbons (Fsp3) is 0.480. The van der Waals surface area contributed by atoms with Gasteiger partial charge in [-0.2, -0.15) is 0 Å². The summed E-state index contributed by atoms with van der Waals surface area (Å²) in [6.45, 7) is 6.99. The fourth-order valence-corrected chi connectivity index (χ4v) is 3.72. The summed E-state index contributed by atoms with van der Waals surface area (Å²) in [7, 11) is 2.01. The highest BCUT2D eigenvalue weighted by Crippen LogP contribution is 2.27. The SMILES string of the molecule is C[C@H](CO)N1C[C@H](C)[C@H](CN(C)Cc2ccccn2)Oc2ncc(C#C[C@@H](C)O)cc2C1=O. The monoisotopic (exact) mass is 452 g/mol. The molecule has 0 fully saturated rings. The van der Waals surface area contributed by atoms with Crippen LogP contribution >= 0.6 is 0 Å². The molecule has 33 heavy (non-hydrogen) atoms. The van der Waals surface area contributed by atoms with E-state index in [2.05, 4.69) is 26.7 Å². The zero-order valence-corrected chi connectivity index (χ0v) is 19.6. The minimum absolute atomic E-state index is 0.00112. The number of carbonyl (C=O) groups excluding carboxylic acids is 1. The number of carbonyl (C=O) groups is 1. The molecular formula is C25H32N4O4. The average molecular weight is 453 g/mol. The van der Waals surface area contributed by atoms with Crippen molar-refractivity contribution in [3.05, 3.63) is 53.5 Å². The molecule has 176 valence electrons. The van der Waals surface area contributed by atoms with E-state index < -0.39 is 6.10 Å². The van der Waals surface area contributed by atoms with Crippen LogP contribution in [-0.2, 0) is 6.54 Å². The number of fused-ring (bicyclic) bond motifs is 1. The van der Waals surface area contributed by atoms with Crippen LogP contribution in [0.15, 0.2) is 36.7 Å². The molecule has 8 heteroatoms. The molecule has 0 unspecified atom stereocenters. The van der Waals surface area contributed by atoms with E-state index in [0.717, 1.165) is 5.69 Å². The maximum Gasteiger partial charge on any atom is 0.259 e. The van der Waals surface area contributed by atoms with Gasteiger partial charge in [-0.25, -0.2) is 4.98 Å². The van der Waals surface area contributed by atoms with Crippen molar-refractivity contribution in [2.75, 3.05) is 26.7 Å². The Morgan fingerprint density at radius 2 is 2.12 bits per heavy atom. The molecule has 3 rings (SSSR count). The van der Waals surface area contributed by atoms with Crippen molar-refractivity contribution in [1.29, 1.82) is 0 Å². The quantitative estimate of drug-likeness (QED) is 0.642. The zero-order valence-electron chi connectivity index (χ0n) is 19.6. The summed E-state index contributed by atoms with van der Waals surface area (Å²) in [5.74, 6) is 5.50. The van der Waals surface area contributed by atoms with E-state index in [0.29, 0.717) is 30.8 Å². The highest BCUT2D eigenvalue weighted by molar-refractivity contribution is 5.97. The lowest BCUT2D eigenvalue weighted by molar-refractivity contribution is 0.0324. The Balaban J connectivity index is 1.91. The lowest BCUT2D eigenvalue weighted by Gasteiger charge is -2.37. The Morgan fingerprint density at radius 3 is 2.79 bits per heavy atom. The first-order chi connectivity index (χ1) is 15.8. The van der Waals surface area contributed by atoms with Gasteiger partial charge in [0.1, 0.15) is 17.8 Å². The first kappa shape index (κ1) is 24.6. The van der Waals surface area contributed by atoms with Crippen LogP contribution in [0, 0.1) is 17.8 Å². The predicted octanol–water partition coefficient (Wildman–Crippen LogP) is 1.56. The predicted molar refractivity (Wildman–Crippen MR) is 125 cm³/mol. The highest BCUT2D eigenvalue weighted by atomic mass is 16.5. The summed E-state index contributed by atoms with van der Waals surface area (Å²) in [6, 6.07) is 7.12. The number of pyridine rings is 2. The molecule has 3 heterocycles. The number of hydrogen-bond donors (Lipinski definition) is 2. The van der Waals surface area contributed by atoms with Crippen LogP contribution in [0.1, 0.15) is 42.4 Å². The maximum absolute atomic E-state index is 13.4. The number of amides is 1. The van der Waals surface area contributed by atoms with Gasteiger partial charge in [-0.15, -0.1) is 0 Å². The number of aliphatic hydroxyl groups is 2. The van der Waals surface area contributed by atoms with E-state index in [-0.39, 0.29) is 36.5 Å². The molecule has 0 spiro atoms. The van der Waals surface area contributed by atoms with Gasteiger partial charge in [-0.1, -0.05) is 24.8 Å². The van der Waals surface area contributed by atoms with E-state index >= 15 is 0 Å². The summed E-state index contributed by atoms with van der Waals surface area (Å²) >= 11 is 0. The van der Waals surface area contributed by atoms with Crippen LogP contribution in [0.4, 0.5) is 0 Å². The van der Waals surface area contributed by atoms with Crippen LogP contribution < -0.4 is 4.74 Å². The van der Waals surface area contributed by atoms with Gasteiger partial charge in [0.25, 0.3) is 5.91 Å². The average Bonchev–Trinajstić information content (AvgIpc) is 2.80. The van der Waals surface area contributed by atoms with Gasteiger partial charge in [0.15, 0.2) is 0 Å². The van der Waals surface area contributed by atoms with Crippen LogP contribution in [0.2, 0.25) is 0 Å². The van der Waals surface area contributed by atoms with Crippen molar-refractivity contribution < 1.29 is 19.7 Å². The molecule has 0 aromatic carbocycles. The molecule has 1 aliphatic heterocycles. The van der Waals surface area contributed by atoms with Crippen molar-refractivity contribution in [1.82, 2.24) is 19.8 Å². The van der Waals surface area contributed by atoms with Gasteiger partial charge in [-0.05, 0) is 39.1 Å². The first-order valence-corrected chi connectivity index (χ1v) is 11.1. The number of aliphatic hydroxyl groups excluding tert-OH is 2. The second-order valence-electron chi connectivity index (χ2n) is 8.66. The normalized spacial score (nSPS) is 20.1. The van der Waals surface area contributed by atoms with E-state index in [1.807, 2.05) is 39.1 Å². The van der Waals surface area contributed by atoms with Crippen LogP contribution in [0.25, 0.3) is 0 Å². The molecule has 1 aliphatic rings. The second kappa shape index (κ2) is 11.2. The molecule has 2 aromatic rings. The molecule has 0 bridgehead atoms. The molecule has 0 saturated heterocycles. The third-order valence-electron chi connectivity index (χ3n) is 5.60. The van der Waals surface area contributed by atoms with Crippen molar-refractivity contribution in [2.24, 2.45) is 5.92 Å². The zero-order chi connectivity index (χ0) is 24.0. The topological polar surface area (TPSA) is 99.0 Å². The fourth-order valence-electron chi connectivity index (χ4n) is 3.72. The number of hydrogen-bond acceptors (Lipinski definition) is 7. The number of aromatic nitrogens is 2. The molecule has 0 radical (unpaired) electrons. The molecule has 0 aliphatic carbocycles. The standard InChI is InChI=1S/C25H32N4O4/c1-17-13-29(18(2)16-30)25(32)22-11-20(9-8-19(3)31)12-27-24(22)33-23(17)15-28(4)14-21-7-5-6-10-26-21/h5-7,10-12,17-19,23,30-31H,13-16H2,1-4H3/t17-,18+,19+,23-/m0/s1. The molecular weight excluding hydrogens is 420 g/mol. The second-order valence-corrected chi connectivity index (χ2v) is 8.66. The summed E-state index contributed by atoms with van der Waals surface area (Å²) in [6.07, 6.45) is 2.30. The Labute approximate surface area is 195 Å². The number of nitrogens with zero attached hydrogens (tertiary/aromatic N) is 4. The first-order valence-electron chi connectivity index (χ1n) is 11.1. The van der Waals surface area contributed by atoms with Gasteiger partial charge >= 0.3 is 0 Å². The number of likely N-dealkylation sites (N-methyl/N-ethyl adjacent to an activating group) is 1. The van der Waals surface area contributed by atoms with Crippen molar-refractivity contribution in [3.63, 3.8) is 0 Å². The third kappa shape index (κ3) is 6.51. The Bertz CT molecular complexity index is 1000. The molecule has 4 atom stereocenters. The maximum atomic E-state index is 13.4. The number of ether oxygens (including phenoxy) is 1. The van der Waals surface area contributed by atoms with E-state index in [4.69, 9.17) is 4.74 Å². The van der Waals surface area contributed by atoms with Gasteiger partial charge in [0.05, 0.1) is 18.3 Å². The summed E-state index contributed by atoms with van der Waals surface area (Å²) in [4.78, 5) is 26.0. The Morgan fingerprint density at radius 1 is 1.33 bits per heavy atom. The minimum atomic E-state index is -0.787. The highest BCUT2D eigenvalue weighted by Gasteiger charge is 2.34. The molecule has 2 N–H and O–H groups in total. The molecule has 8 nitrogen and oxygen atoms in total. The lowest BCUT2D eigenvalue weighted by atomic mass is 10.00. The van der Waals surface area contributed by atoms with Gasteiger partial charge in [-0.3, -0.25) is 14.7 Å². The smallest absolute Gasteiger partial charge is 0.259 e. The Hall–Kier alpha value is -2.99.